The van der Waals surface area contributed by atoms with E-state index in [-0.39, 0.29) is 10.8 Å². The van der Waals surface area contributed by atoms with Crippen LogP contribution in [0.5, 0.6) is 0 Å². The summed E-state index contributed by atoms with van der Waals surface area (Å²) in [5.41, 5.74) is 1.62. The third-order valence-electron chi connectivity index (χ3n) is 3.42. The molecule has 3 rings (SSSR count). The highest BCUT2D eigenvalue weighted by atomic mass is 32.2. The number of carbonyl (C=O) groups excluding carboxylic acids is 1. The number of nitrogens with one attached hydrogen (secondary N) is 1. The van der Waals surface area contributed by atoms with Crippen molar-refractivity contribution in [2.24, 2.45) is 7.05 Å². The second kappa shape index (κ2) is 7.02. The van der Waals surface area contributed by atoms with Crippen molar-refractivity contribution in [3.05, 3.63) is 58.2 Å². The molecule has 0 unspecified atom stereocenters. The molecule has 0 bridgehead atoms. The van der Waals surface area contributed by atoms with Gasteiger partial charge in [-0.1, -0.05) is 29.5 Å². The lowest BCUT2D eigenvalue weighted by Crippen LogP contribution is -2.12. The highest BCUT2D eigenvalue weighted by Gasteiger charge is 2.07. The van der Waals surface area contributed by atoms with Crippen LogP contribution in [-0.4, -0.2) is 16.2 Å². The Labute approximate surface area is 142 Å². The maximum absolute atomic E-state index is 12.0. The van der Waals surface area contributed by atoms with Crippen molar-refractivity contribution in [3.8, 4) is 0 Å². The van der Waals surface area contributed by atoms with Crippen LogP contribution in [0.15, 0.2) is 58.2 Å². The van der Waals surface area contributed by atoms with Crippen LogP contribution >= 0.6 is 23.1 Å². The molecule has 2 aromatic carbocycles. The predicted octanol–water partition coefficient (Wildman–Crippen LogP) is 3.72. The van der Waals surface area contributed by atoms with Gasteiger partial charge in [0.05, 0.1) is 10.2 Å². The van der Waals surface area contributed by atoms with E-state index in [0.29, 0.717) is 6.42 Å². The average molecular weight is 344 g/mol. The van der Waals surface area contributed by atoms with E-state index in [4.69, 9.17) is 0 Å². The fourth-order valence-corrected chi connectivity index (χ4v) is 4.00. The average Bonchev–Trinajstić information content (AvgIpc) is 2.82. The lowest BCUT2D eigenvalue weighted by atomic mass is 10.3. The molecule has 118 valence electrons. The van der Waals surface area contributed by atoms with E-state index in [1.807, 2.05) is 48.5 Å². The fraction of sp³-hybridized carbons (Fsp3) is 0.176. The van der Waals surface area contributed by atoms with Crippen molar-refractivity contribution >= 4 is 44.9 Å². The van der Waals surface area contributed by atoms with Crippen LogP contribution in [-0.2, 0) is 11.8 Å². The quantitative estimate of drug-likeness (QED) is 0.718. The molecule has 4 nitrogen and oxygen atoms in total. The van der Waals surface area contributed by atoms with Gasteiger partial charge in [0.25, 0.3) is 0 Å². The Morgan fingerprint density at radius 1 is 1.22 bits per heavy atom. The number of rotatable bonds is 5. The Bertz CT molecular complexity index is 884. The van der Waals surface area contributed by atoms with E-state index in [9.17, 15) is 9.59 Å². The molecule has 0 saturated carbocycles. The number of thiazole rings is 1. The number of anilines is 1. The maximum atomic E-state index is 12.0. The molecule has 23 heavy (non-hydrogen) atoms. The maximum Gasteiger partial charge on any atom is 0.307 e. The Balaban J connectivity index is 1.58. The van der Waals surface area contributed by atoms with E-state index in [0.717, 1.165) is 26.6 Å². The molecule has 0 aliphatic carbocycles. The highest BCUT2D eigenvalue weighted by Crippen LogP contribution is 2.22. The SMILES string of the molecule is Cn1c(=O)sc2cc(NC(=O)CCSc3ccccc3)ccc21. The molecule has 0 aliphatic rings. The molecule has 0 aliphatic heterocycles. The van der Waals surface area contributed by atoms with E-state index in [1.165, 1.54) is 11.3 Å². The number of benzene rings is 2. The molecule has 3 aromatic rings. The van der Waals surface area contributed by atoms with Gasteiger partial charge in [-0.2, -0.15) is 0 Å². The Morgan fingerprint density at radius 2 is 2.00 bits per heavy atom. The molecule has 1 N–H and O–H groups in total. The van der Waals surface area contributed by atoms with Gasteiger partial charge in [-0.15, -0.1) is 11.8 Å². The van der Waals surface area contributed by atoms with Crippen molar-refractivity contribution in [1.82, 2.24) is 4.57 Å². The predicted molar refractivity (Wildman–Crippen MR) is 97.5 cm³/mol. The molecule has 0 saturated heterocycles. The first-order valence-electron chi connectivity index (χ1n) is 7.21. The number of carbonyl (C=O) groups is 1. The minimum atomic E-state index is -0.0175. The van der Waals surface area contributed by atoms with Gasteiger partial charge in [-0.25, -0.2) is 0 Å². The number of nitrogens with zero attached hydrogens (tertiary/aromatic N) is 1. The highest BCUT2D eigenvalue weighted by molar-refractivity contribution is 7.99. The molecule has 0 radical (unpaired) electrons. The van der Waals surface area contributed by atoms with Crippen molar-refractivity contribution in [2.45, 2.75) is 11.3 Å². The van der Waals surface area contributed by atoms with Gasteiger partial charge >= 0.3 is 4.87 Å². The van der Waals surface area contributed by atoms with Crippen LogP contribution in [0.3, 0.4) is 0 Å². The summed E-state index contributed by atoms with van der Waals surface area (Å²) in [4.78, 5) is 24.8. The molecule has 1 amide bonds. The molecule has 6 heteroatoms. The first kappa shape index (κ1) is 15.8. The minimum Gasteiger partial charge on any atom is -0.326 e. The third kappa shape index (κ3) is 3.83. The van der Waals surface area contributed by atoms with Crippen LogP contribution in [0.1, 0.15) is 6.42 Å². The largest absolute Gasteiger partial charge is 0.326 e. The summed E-state index contributed by atoms with van der Waals surface area (Å²) < 4.78 is 2.50. The van der Waals surface area contributed by atoms with Crippen LogP contribution in [0.4, 0.5) is 5.69 Å². The number of hydrogen-bond acceptors (Lipinski definition) is 4. The number of aromatic nitrogens is 1. The summed E-state index contributed by atoms with van der Waals surface area (Å²) in [5.74, 6) is 0.715. The van der Waals surface area contributed by atoms with E-state index in [2.05, 4.69) is 5.32 Å². The van der Waals surface area contributed by atoms with E-state index >= 15 is 0 Å². The van der Waals surface area contributed by atoms with Crippen molar-refractivity contribution in [2.75, 3.05) is 11.1 Å². The first-order chi connectivity index (χ1) is 11.1. The molecular formula is C17H16N2O2S2. The summed E-state index contributed by atoms with van der Waals surface area (Å²) in [5, 5.41) is 2.89. The third-order valence-corrected chi connectivity index (χ3v) is 5.43. The molecule has 0 spiro atoms. The zero-order valence-corrected chi connectivity index (χ0v) is 14.2. The van der Waals surface area contributed by atoms with Crippen molar-refractivity contribution in [3.63, 3.8) is 0 Å². The number of amides is 1. The summed E-state index contributed by atoms with van der Waals surface area (Å²) in [6.07, 6.45) is 0.447. The van der Waals surface area contributed by atoms with Crippen LogP contribution in [0.2, 0.25) is 0 Å². The molecule has 0 fully saturated rings. The summed E-state index contributed by atoms with van der Waals surface area (Å²) in [7, 11) is 1.75. The van der Waals surface area contributed by atoms with Crippen LogP contribution in [0, 0.1) is 0 Å². The summed E-state index contributed by atoms with van der Waals surface area (Å²) in [6, 6.07) is 15.6. The minimum absolute atomic E-state index is 0.00253. The smallest absolute Gasteiger partial charge is 0.307 e. The molecular weight excluding hydrogens is 328 g/mol. The van der Waals surface area contributed by atoms with Gasteiger partial charge in [0.2, 0.25) is 5.91 Å². The molecule has 0 atom stereocenters. The number of thioether (sulfide) groups is 1. The zero-order valence-electron chi connectivity index (χ0n) is 12.6. The second-order valence-corrected chi connectivity index (χ2v) is 7.23. The lowest BCUT2D eigenvalue weighted by molar-refractivity contribution is -0.115. The molecule has 1 aromatic heterocycles. The molecule has 1 heterocycles. The Kier molecular flexibility index (Phi) is 4.83. The van der Waals surface area contributed by atoms with Gasteiger partial charge in [-0.3, -0.25) is 9.59 Å². The fourth-order valence-electron chi connectivity index (χ4n) is 2.21. The lowest BCUT2D eigenvalue weighted by Gasteiger charge is -2.05. The summed E-state index contributed by atoms with van der Waals surface area (Å²) in [6.45, 7) is 0. The van der Waals surface area contributed by atoms with Gasteiger partial charge < -0.3 is 9.88 Å². The van der Waals surface area contributed by atoms with Crippen LogP contribution in [0.25, 0.3) is 10.2 Å². The van der Waals surface area contributed by atoms with Crippen molar-refractivity contribution < 1.29 is 4.79 Å². The number of aryl methyl sites for hydroxylation is 1. The van der Waals surface area contributed by atoms with Gasteiger partial charge in [0, 0.05) is 29.8 Å². The standard InChI is InChI=1S/C17H16N2O2S2/c1-19-14-8-7-12(11-15(14)23-17(19)21)18-16(20)9-10-22-13-5-3-2-4-6-13/h2-8,11H,9-10H2,1H3,(H,18,20). The topological polar surface area (TPSA) is 51.1 Å². The number of hydrogen-bond donors (Lipinski definition) is 1. The van der Waals surface area contributed by atoms with Gasteiger partial charge in [0.15, 0.2) is 0 Å². The van der Waals surface area contributed by atoms with Crippen molar-refractivity contribution in [1.29, 1.82) is 0 Å². The summed E-state index contributed by atoms with van der Waals surface area (Å²) >= 11 is 2.85. The van der Waals surface area contributed by atoms with E-state index in [1.54, 1.807) is 23.4 Å². The van der Waals surface area contributed by atoms with Gasteiger partial charge in [-0.05, 0) is 30.3 Å². The number of fused-ring (bicyclic) bond motifs is 1. The zero-order chi connectivity index (χ0) is 16.2. The first-order valence-corrected chi connectivity index (χ1v) is 9.01. The monoisotopic (exact) mass is 344 g/mol. The normalized spacial score (nSPS) is 10.8. The van der Waals surface area contributed by atoms with Gasteiger partial charge in [0.1, 0.15) is 0 Å². The second-order valence-electron chi connectivity index (χ2n) is 5.07. The van der Waals surface area contributed by atoms with Crippen LogP contribution < -0.4 is 10.2 Å². The Morgan fingerprint density at radius 3 is 2.78 bits per heavy atom. The Hall–Kier alpha value is -2.05. The van der Waals surface area contributed by atoms with E-state index < -0.39 is 0 Å².